The average molecular weight is 438 g/mol. The van der Waals surface area contributed by atoms with Crippen molar-refractivity contribution in [1.29, 1.82) is 0 Å². The molecular formula is C20H19Cl3N4O. The third kappa shape index (κ3) is 3.88. The van der Waals surface area contributed by atoms with Gasteiger partial charge in [0.2, 0.25) is 0 Å². The molecule has 0 radical (unpaired) electrons. The second-order valence-electron chi connectivity index (χ2n) is 6.47. The Morgan fingerprint density at radius 1 is 1.11 bits per heavy atom. The maximum Gasteiger partial charge on any atom is 0.299 e. The molecule has 146 valence electrons. The van der Waals surface area contributed by atoms with E-state index < -0.39 is 5.91 Å². The Hall–Kier alpha value is -2.08. The highest BCUT2D eigenvalue weighted by atomic mass is 35.5. The topological polar surface area (TPSA) is 48.3 Å². The molecule has 1 aliphatic heterocycles. The number of amides is 1. The summed E-state index contributed by atoms with van der Waals surface area (Å²) in [5.41, 5.74) is 3.79. The van der Waals surface area contributed by atoms with E-state index >= 15 is 0 Å². The average Bonchev–Trinajstić information content (AvgIpc) is 2.89. The highest BCUT2D eigenvalue weighted by molar-refractivity contribution is 6.71. The first-order chi connectivity index (χ1) is 13.2. The molecule has 0 atom stereocenters. The van der Waals surface area contributed by atoms with E-state index in [1.165, 1.54) is 17.1 Å². The van der Waals surface area contributed by atoms with Gasteiger partial charge in [-0.1, -0.05) is 34.8 Å². The summed E-state index contributed by atoms with van der Waals surface area (Å²) >= 11 is 18.4. The van der Waals surface area contributed by atoms with E-state index in [0.29, 0.717) is 22.1 Å². The van der Waals surface area contributed by atoms with Crippen LogP contribution in [0.25, 0.3) is 0 Å². The van der Waals surface area contributed by atoms with Gasteiger partial charge in [-0.2, -0.15) is 10.1 Å². The number of hydrogen-bond donors (Lipinski definition) is 0. The van der Waals surface area contributed by atoms with Crippen molar-refractivity contribution in [3.63, 3.8) is 0 Å². The van der Waals surface area contributed by atoms with E-state index in [0.717, 1.165) is 17.8 Å². The van der Waals surface area contributed by atoms with Crippen LogP contribution < -0.4 is 9.91 Å². The number of carbonyl (C=O) groups is 1. The number of benzene rings is 2. The molecule has 1 heterocycles. The Bertz CT molecular complexity index is 994. The van der Waals surface area contributed by atoms with E-state index in [2.05, 4.69) is 21.9 Å². The third-order valence-electron chi connectivity index (χ3n) is 4.51. The van der Waals surface area contributed by atoms with Gasteiger partial charge in [0, 0.05) is 24.3 Å². The standard InChI is InChI=1S/C20H19Cl3N4O/c1-5-26(4)14-6-7-17(11(2)8-14)24-18-12(3)25-27(20(18)28)19-15(22)9-13(21)10-16(19)23/h6-10H,5H2,1-4H3. The van der Waals surface area contributed by atoms with Crippen LogP contribution in [0.4, 0.5) is 17.1 Å². The number of hydrogen-bond acceptors (Lipinski definition) is 4. The van der Waals surface area contributed by atoms with Gasteiger partial charge in [0.1, 0.15) is 5.69 Å². The lowest BCUT2D eigenvalue weighted by atomic mass is 10.1. The summed E-state index contributed by atoms with van der Waals surface area (Å²) in [4.78, 5) is 19.7. The van der Waals surface area contributed by atoms with Gasteiger partial charge in [0.15, 0.2) is 5.71 Å². The Morgan fingerprint density at radius 3 is 2.32 bits per heavy atom. The van der Waals surface area contributed by atoms with Gasteiger partial charge >= 0.3 is 0 Å². The number of rotatable bonds is 4. The van der Waals surface area contributed by atoms with Crippen molar-refractivity contribution in [3.05, 3.63) is 51.0 Å². The molecule has 0 saturated heterocycles. The molecule has 0 unspecified atom stereocenters. The molecule has 28 heavy (non-hydrogen) atoms. The van der Waals surface area contributed by atoms with Crippen LogP contribution in [-0.4, -0.2) is 30.9 Å². The third-order valence-corrected chi connectivity index (χ3v) is 5.30. The van der Waals surface area contributed by atoms with Gasteiger partial charge in [-0.25, -0.2) is 4.99 Å². The van der Waals surface area contributed by atoms with E-state index in [-0.39, 0.29) is 15.8 Å². The Labute approximate surface area is 179 Å². The second kappa shape index (κ2) is 8.11. The summed E-state index contributed by atoms with van der Waals surface area (Å²) in [6.45, 7) is 6.67. The lowest BCUT2D eigenvalue weighted by Crippen LogP contribution is -2.27. The van der Waals surface area contributed by atoms with Crippen LogP contribution in [0.3, 0.4) is 0 Å². The van der Waals surface area contributed by atoms with E-state index in [1.54, 1.807) is 6.92 Å². The predicted octanol–water partition coefficient (Wildman–Crippen LogP) is 5.91. The first-order valence-electron chi connectivity index (χ1n) is 8.68. The first-order valence-corrected chi connectivity index (χ1v) is 9.81. The molecule has 0 fully saturated rings. The summed E-state index contributed by atoms with van der Waals surface area (Å²) in [6, 6.07) is 8.96. The zero-order valence-electron chi connectivity index (χ0n) is 15.9. The molecule has 3 rings (SSSR count). The monoisotopic (exact) mass is 436 g/mol. The Morgan fingerprint density at radius 2 is 1.75 bits per heavy atom. The molecule has 1 aliphatic rings. The normalized spacial score (nSPS) is 15.4. The van der Waals surface area contributed by atoms with Crippen molar-refractivity contribution in [2.24, 2.45) is 10.1 Å². The molecule has 0 aliphatic carbocycles. The summed E-state index contributed by atoms with van der Waals surface area (Å²) in [6.07, 6.45) is 0. The molecule has 0 aromatic heterocycles. The van der Waals surface area contributed by atoms with Crippen LogP contribution in [-0.2, 0) is 4.79 Å². The van der Waals surface area contributed by atoms with E-state index in [4.69, 9.17) is 34.8 Å². The number of halogens is 3. The van der Waals surface area contributed by atoms with Crippen LogP contribution in [0.1, 0.15) is 19.4 Å². The van der Waals surface area contributed by atoms with Gasteiger partial charge in [-0.15, -0.1) is 0 Å². The summed E-state index contributed by atoms with van der Waals surface area (Å²) in [5.74, 6) is -0.391. The lowest BCUT2D eigenvalue weighted by Gasteiger charge is -2.18. The number of anilines is 2. The zero-order chi connectivity index (χ0) is 20.6. The van der Waals surface area contributed by atoms with Crippen LogP contribution in [0.15, 0.2) is 40.4 Å². The van der Waals surface area contributed by atoms with Gasteiger partial charge < -0.3 is 4.90 Å². The van der Waals surface area contributed by atoms with Crippen molar-refractivity contribution in [2.75, 3.05) is 23.5 Å². The molecule has 2 aromatic carbocycles. The Balaban J connectivity index is 1.98. The number of aryl methyl sites for hydroxylation is 1. The highest BCUT2D eigenvalue weighted by Gasteiger charge is 2.33. The summed E-state index contributed by atoms with van der Waals surface area (Å²) < 4.78 is 0. The van der Waals surface area contributed by atoms with Gasteiger partial charge in [0.25, 0.3) is 5.91 Å². The van der Waals surface area contributed by atoms with Crippen molar-refractivity contribution >= 4 is 69.2 Å². The smallest absolute Gasteiger partial charge is 0.299 e. The molecule has 5 nitrogen and oxygen atoms in total. The minimum Gasteiger partial charge on any atom is -0.375 e. The minimum absolute atomic E-state index is 0.242. The summed E-state index contributed by atoms with van der Waals surface area (Å²) in [7, 11) is 2.02. The quantitative estimate of drug-likeness (QED) is 0.597. The Kier molecular flexibility index (Phi) is 5.98. The van der Waals surface area contributed by atoms with Crippen LogP contribution in [0.2, 0.25) is 15.1 Å². The van der Waals surface area contributed by atoms with Gasteiger partial charge in [-0.3, -0.25) is 4.79 Å². The fraction of sp³-hybridized carbons (Fsp3) is 0.250. The number of nitrogens with zero attached hydrogens (tertiary/aromatic N) is 4. The molecular weight excluding hydrogens is 419 g/mol. The number of aliphatic imine (C=N–C) groups is 1. The minimum atomic E-state index is -0.391. The van der Waals surface area contributed by atoms with Crippen molar-refractivity contribution < 1.29 is 4.79 Å². The van der Waals surface area contributed by atoms with E-state index in [1.807, 2.05) is 32.2 Å². The second-order valence-corrected chi connectivity index (χ2v) is 7.72. The molecule has 8 heteroatoms. The lowest BCUT2D eigenvalue weighted by molar-refractivity contribution is -0.112. The SMILES string of the molecule is CCN(C)c1ccc(N=C2C(=O)N(c3c(Cl)cc(Cl)cc3Cl)N=C2C)c(C)c1. The predicted molar refractivity (Wildman–Crippen MR) is 119 cm³/mol. The van der Waals surface area contributed by atoms with Gasteiger partial charge in [-0.05, 0) is 56.7 Å². The van der Waals surface area contributed by atoms with Crippen molar-refractivity contribution in [1.82, 2.24) is 0 Å². The first kappa shape index (κ1) is 20.6. The van der Waals surface area contributed by atoms with Crippen molar-refractivity contribution in [3.8, 4) is 0 Å². The fourth-order valence-electron chi connectivity index (χ4n) is 2.82. The number of carbonyl (C=O) groups excluding carboxylic acids is 1. The maximum atomic E-state index is 13.0. The highest BCUT2D eigenvalue weighted by Crippen LogP contribution is 2.38. The largest absolute Gasteiger partial charge is 0.375 e. The molecule has 0 spiro atoms. The van der Waals surface area contributed by atoms with Gasteiger partial charge in [0.05, 0.1) is 21.4 Å². The maximum absolute atomic E-state index is 13.0. The molecule has 0 N–H and O–H groups in total. The van der Waals surface area contributed by atoms with Crippen LogP contribution >= 0.6 is 34.8 Å². The summed E-state index contributed by atoms with van der Waals surface area (Å²) in [5, 5.41) is 6.34. The molecule has 1 amide bonds. The fourth-order valence-corrected chi connectivity index (χ4v) is 3.80. The van der Waals surface area contributed by atoms with Crippen LogP contribution in [0, 0.1) is 6.92 Å². The number of hydrazone groups is 1. The van der Waals surface area contributed by atoms with Crippen molar-refractivity contribution in [2.45, 2.75) is 20.8 Å². The van der Waals surface area contributed by atoms with E-state index in [9.17, 15) is 4.79 Å². The molecule has 0 bridgehead atoms. The zero-order valence-corrected chi connectivity index (χ0v) is 18.2. The molecule has 2 aromatic rings. The molecule has 0 saturated carbocycles. The van der Waals surface area contributed by atoms with Crippen LogP contribution in [0.5, 0.6) is 0 Å².